The third-order valence-corrected chi connectivity index (χ3v) is 6.12. The lowest BCUT2D eigenvalue weighted by Gasteiger charge is -2.28. The van der Waals surface area contributed by atoms with E-state index in [1.165, 1.54) is 4.90 Å². The third-order valence-electron chi connectivity index (χ3n) is 6.12. The maximum absolute atomic E-state index is 13.6. The first-order chi connectivity index (χ1) is 18.0. The fourth-order valence-electron chi connectivity index (χ4n) is 4.11. The molecular formula is C28H33N3O6. The van der Waals surface area contributed by atoms with E-state index in [4.69, 9.17) is 18.6 Å². The molecular weight excluding hydrogens is 474 g/mol. The molecule has 1 aliphatic rings. The van der Waals surface area contributed by atoms with Crippen LogP contribution in [0.25, 0.3) is 0 Å². The highest BCUT2D eigenvalue weighted by atomic mass is 16.7. The molecule has 1 aromatic heterocycles. The number of methoxy groups -OCH3 is 1. The second-order valence-corrected chi connectivity index (χ2v) is 8.80. The number of anilines is 1. The first kappa shape index (κ1) is 26.1. The average Bonchev–Trinajstić information content (AvgIpc) is 3.54. The Morgan fingerprint density at radius 3 is 2.57 bits per heavy atom. The van der Waals surface area contributed by atoms with Crippen molar-refractivity contribution in [2.75, 3.05) is 38.9 Å². The molecule has 196 valence electrons. The van der Waals surface area contributed by atoms with Crippen LogP contribution < -0.4 is 14.8 Å². The largest absolute Gasteiger partial charge is 0.464 e. The molecule has 1 aliphatic heterocycles. The molecule has 0 radical (unpaired) electrons. The molecule has 0 saturated heterocycles. The number of hydrogen-bond acceptors (Lipinski definition) is 6. The molecule has 0 unspecified atom stereocenters. The van der Waals surface area contributed by atoms with Crippen LogP contribution in [0.3, 0.4) is 0 Å². The van der Waals surface area contributed by atoms with Gasteiger partial charge in [0.1, 0.15) is 18.1 Å². The van der Waals surface area contributed by atoms with Gasteiger partial charge in [0.05, 0.1) is 13.2 Å². The predicted molar refractivity (Wildman–Crippen MR) is 139 cm³/mol. The highest BCUT2D eigenvalue weighted by molar-refractivity contribution is 5.93. The predicted octanol–water partition coefficient (Wildman–Crippen LogP) is 4.59. The van der Waals surface area contributed by atoms with Crippen molar-refractivity contribution in [2.24, 2.45) is 0 Å². The normalized spacial score (nSPS) is 11.9. The van der Waals surface area contributed by atoms with Gasteiger partial charge >= 0.3 is 6.03 Å². The van der Waals surface area contributed by atoms with Crippen molar-refractivity contribution in [1.29, 1.82) is 0 Å². The van der Waals surface area contributed by atoms with Gasteiger partial charge in [-0.2, -0.15) is 0 Å². The number of urea groups is 1. The molecule has 9 nitrogen and oxygen atoms in total. The summed E-state index contributed by atoms with van der Waals surface area (Å²) in [6.45, 7) is 5.09. The quantitative estimate of drug-likeness (QED) is 0.408. The van der Waals surface area contributed by atoms with E-state index in [9.17, 15) is 9.59 Å². The Morgan fingerprint density at radius 2 is 1.81 bits per heavy atom. The van der Waals surface area contributed by atoms with E-state index in [2.05, 4.69) is 5.32 Å². The second kappa shape index (κ2) is 12.3. The maximum atomic E-state index is 13.6. The topological polar surface area (TPSA) is 93.5 Å². The molecule has 0 aliphatic carbocycles. The Balaban J connectivity index is 1.52. The van der Waals surface area contributed by atoms with E-state index >= 15 is 0 Å². The number of hydrogen-bond donors (Lipinski definition) is 1. The summed E-state index contributed by atoms with van der Waals surface area (Å²) >= 11 is 0. The molecule has 37 heavy (non-hydrogen) atoms. The molecule has 9 heteroatoms. The Hall–Kier alpha value is -3.98. The zero-order chi connectivity index (χ0) is 26.2. The van der Waals surface area contributed by atoms with E-state index in [1.54, 1.807) is 12.0 Å². The molecule has 0 spiro atoms. The number of fused-ring (bicyclic) bond motifs is 1. The standard InChI is InChI=1S/C28H33N3O6/c1-4-22-7-5-6-8-24(22)29-28(33)30(13-14-34-3)18-27(32)31(17-23-11-9-20(2)37-23)16-21-10-12-25-26(15-21)36-19-35-25/h5-12,15H,4,13-14,16-19H2,1-3H3,(H,29,33). The van der Waals surface area contributed by atoms with Crippen molar-refractivity contribution in [3.63, 3.8) is 0 Å². The third kappa shape index (κ3) is 6.83. The first-order valence-electron chi connectivity index (χ1n) is 12.3. The number of carbonyl (C=O) groups excluding carboxylic acids is 2. The van der Waals surface area contributed by atoms with Crippen LogP contribution in [0.4, 0.5) is 10.5 Å². The van der Waals surface area contributed by atoms with Crippen LogP contribution in [0, 0.1) is 6.92 Å². The molecule has 0 bridgehead atoms. The molecule has 0 fully saturated rings. The van der Waals surface area contributed by atoms with Gasteiger partial charge in [0, 0.05) is 25.9 Å². The van der Waals surface area contributed by atoms with Crippen LogP contribution in [0.1, 0.15) is 29.6 Å². The number of carbonyl (C=O) groups is 2. The van der Waals surface area contributed by atoms with Gasteiger partial charge < -0.3 is 33.7 Å². The van der Waals surface area contributed by atoms with Gasteiger partial charge in [-0.25, -0.2) is 4.79 Å². The van der Waals surface area contributed by atoms with Crippen molar-refractivity contribution < 1.29 is 28.2 Å². The van der Waals surface area contributed by atoms with E-state index < -0.39 is 0 Å². The molecule has 0 saturated carbocycles. The van der Waals surface area contributed by atoms with Gasteiger partial charge in [-0.1, -0.05) is 31.2 Å². The van der Waals surface area contributed by atoms with Crippen LogP contribution in [-0.4, -0.2) is 55.3 Å². The van der Waals surface area contributed by atoms with Crippen LogP contribution in [0.2, 0.25) is 0 Å². The minimum atomic E-state index is -0.358. The summed E-state index contributed by atoms with van der Waals surface area (Å²) < 4.78 is 21.9. The van der Waals surface area contributed by atoms with Gasteiger partial charge in [0.15, 0.2) is 11.5 Å². The number of nitrogens with one attached hydrogen (secondary N) is 1. The molecule has 1 N–H and O–H groups in total. The molecule has 3 amide bonds. The Morgan fingerprint density at radius 1 is 1.00 bits per heavy atom. The van der Waals surface area contributed by atoms with Gasteiger partial charge in [0.25, 0.3) is 0 Å². The first-order valence-corrected chi connectivity index (χ1v) is 12.3. The number of amides is 3. The summed E-state index contributed by atoms with van der Waals surface area (Å²) in [7, 11) is 1.56. The minimum Gasteiger partial charge on any atom is -0.464 e. The monoisotopic (exact) mass is 507 g/mol. The fraction of sp³-hybridized carbons (Fsp3) is 0.357. The Labute approximate surface area is 216 Å². The number of benzene rings is 2. The number of nitrogens with zero attached hydrogens (tertiary/aromatic N) is 2. The highest BCUT2D eigenvalue weighted by Crippen LogP contribution is 2.33. The van der Waals surface area contributed by atoms with E-state index in [-0.39, 0.29) is 38.4 Å². The number of aryl methyl sites for hydroxylation is 2. The number of rotatable bonds is 11. The van der Waals surface area contributed by atoms with Crippen molar-refractivity contribution in [1.82, 2.24) is 9.80 Å². The van der Waals surface area contributed by atoms with Crippen molar-refractivity contribution in [3.8, 4) is 11.5 Å². The summed E-state index contributed by atoms with van der Waals surface area (Å²) in [4.78, 5) is 30.0. The lowest BCUT2D eigenvalue weighted by atomic mass is 10.1. The second-order valence-electron chi connectivity index (χ2n) is 8.80. The Bertz CT molecular complexity index is 1220. The number of para-hydroxylation sites is 1. The van der Waals surface area contributed by atoms with E-state index in [0.29, 0.717) is 30.4 Å². The van der Waals surface area contributed by atoms with E-state index in [0.717, 1.165) is 29.0 Å². The zero-order valence-corrected chi connectivity index (χ0v) is 21.5. The van der Waals surface area contributed by atoms with Crippen molar-refractivity contribution in [2.45, 2.75) is 33.4 Å². The van der Waals surface area contributed by atoms with Gasteiger partial charge in [-0.3, -0.25) is 4.79 Å². The minimum absolute atomic E-state index is 0.117. The summed E-state index contributed by atoms with van der Waals surface area (Å²) in [5, 5.41) is 2.96. The molecule has 4 rings (SSSR count). The lowest BCUT2D eigenvalue weighted by molar-refractivity contribution is -0.133. The van der Waals surface area contributed by atoms with E-state index in [1.807, 2.05) is 68.4 Å². The van der Waals surface area contributed by atoms with Gasteiger partial charge in [0.2, 0.25) is 12.7 Å². The smallest absolute Gasteiger partial charge is 0.322 e. The lowest BCUT2D eigenvalue weighted by Crippen LogP contribution is -2.45. The zero-order valence-electron chi connectivity index (χ0n) is 21.5. The van der Waals surface area contributed by atoms with Crippen LogP contribution in [0.15, 0.2) is 59.0 Å². The molecule has 2 heterocycles. The SMILES string of the molecule is CCc1ccccc1NC(=O)N(CCOC)CC(=O)N(Cc1ccc2c(c1)OCO2)Cc1ccc(C)o1. The average molecular weight is 508 g/mol. The highest BCUT2D eigenvalue weighted by Gasteiger charge is 2.24. The Kier molecular flexibility index (Phi) is 8.68. The summed E-state index contributed by atoms with van der Waals surface area (Å²) in [6, 6.07) is 16.6. The molecule has 3 aromatic rings. The van der Waals surface area contributed by atoms with Crippen molar-refractivity contribution >= 4 is 17.6 Å². The summed E-state index contributed by atoms with van der Waals surface area (Å²) in [6.07, 6.45) is 0.777. The van der Waals surface area contributed by atoms with Gasteiger partial charge in [-0.05, 0) is 54.8 Å². The fourth-order valence-corrected chi connectivity index (χ4v) is 4.11. The van der Waals surface area contributed by atoms with Crippen molar-refractivity contribution in [3.05, 3.63) is 77.2 Å². The maximum Gasteiger partial charge on any atom is 0.322 e. The van der Waals surface area contributed by atoms with Gasteiger partial charge in [-0.15, -0.1) is 0 Å². The van der Waals surface area contributed by atoms with Crippen LogP contribution in [0.5, 0.6) is 11.5 Å². The molecule has 2 aromatic carbocycles. The summed E-state index contributed by atoms with van der Waals surface area (Å²) in [5.74, 6) is 2.53. The van der Waals surface area contributed by atoms with Crippen LogP contribution in [-0.2, 0) is 29.0 Å². The van der Waals surface area contributed by atoms with Crippen LogP contribution >= 0.6 is 0 Å². The number of furan rings is 1. The number of ether oxygens (including phenoxy) is 3. The molecule has 0 atom stereocenters. The summed E-state index contributed by atoms with van der Waals surface area (Å²) in [5.41, 5.74) is 2.63.